The molecule has 0 amide bonds. The van der Waals surface area contributed by atoms with Gasteiger partial charge < -0.3 is 20.1 Å². The Bertz CT molecular complexity index is 408. The number of anilines is 2. The molecule has 1 fully saturated rings. The van der Waals surface area contributed by atoms with Gasteiger partial charge in [0.05, 0.1) is 19.3 Å². The molecule has 1 aliphatic heterocycles. The summed E-state index contributed by atoms with van der Waals surface area (Å²) in [4.78, 5) is 10.3. The molecule has 0 radical (unpaired) electrons. The Kier molecular flexibility index (Phi) is 3.06. The fourth-order valence-corrected chi connectivity index (χ4v) is 2.00. The van der Waals surface area contributed by atoms with Gasteiger partial charge in [0.25, 0.3) is 0 Å². The highest BCUT2D eigenvalue weighted by atomic mass is 16.5. The molecular weight excluding hydrogens is 220 g/mol. The van der Waals surface area contributed by atoms with Gasteiger partial charge in [0.2, 0.25) is 5.75 Å². The summed E-state index contributed by atoms with van der Waals surface area (Å²) in [6, 6.07) is 0. The van der Waals surface area contributed by atoms with Crippen LogP contribution in [0.5, 0.6) is 5.75 Å². The second kappa shape index (κ2) is 4.37. The summed E-state index contributed by atoms with van der Waals surface area (Å²) in [5.74, 6) is 1.63. The number of morpholine rings is 1. The predicted octanol–water partition coefficient (Wildman–Crippen LogP) is 0.683. The average Bonchev–Trinajstić information content (AvgIpc) is 2.27. The van der Waals surface area contributed by atoms with Crippen molar-refractivity contribution in [2.24, 2.45) is 0 Å². The Labute approximate surface area is 101 Å². The van der Waals surface area contributed by atoms with Crippen molar-refractivity contribution in [3.63, 3.8) is 0 Å². The van der Waals surface area contributed by atoms with Gasteiger partial charge in [-0.15, -0.1) is 0 Å². The minimum Gasteiger partial charge on any atom is -0.490 e. The summed E-state index contributed by atoms with van der Waals surface area (Å²) in [7, 11) is 1.57. The molecule has 1 saturated heterocycles. The van der Waals surface area contributed by atoms with Gasteiger partial charge in [-0.05, 0) is 13.8 Å². The van der Waals surface area contributed by atoms with Crippen molar-refractivity contribution in [1.29, 1.82) is 0 Å². The van der Waals surface area contributed by atoms with Crippen molar-refractivity contribution in [2.45, 2.75) is 19.4 Å². The van der Waals surface area contributed by atoms with Crippen molar-refractivity contribution in [1.82, 2.24) is 9.97 Å². The van der Waals surface area contributed by atoms with Crippen molar-refractivity contribution >= 4 is 11.6 Å². The zero-order valence-electron chi connectivity index (χ0n) is 10.4. The Morgan fingerprint density at radius 1 is 1.47 bits per heavy atom. The number of nitrogen functional groups attached to an aromatic ring is 1. The Hall–Kier alpha value is -1.56. The van der Waals surface area contributed by atoms with Gasteiger partial charge in [0.15, 0.2) is 11.6 Å². The lowest BCUT2D eigenvalue weighted by Crippen LogP contribution is -2.48. The van der Waals surface area contributed by atoms with E-state index in [1.54, 1.807) is 7.11 Å². The number of nitrogens with two attached hydrogens (primary N) is 1. The first-order valence-electron chi connectivity index (χ1n) is 5.57. The maximum Gasteiger partial charge on any atom is 0.204 e. The van der Waals surface area contributed by atoms with Crippen LogP contribution in [0.4, 0.5) is 11.6 Å². The second-order valence-electron chi connectivity index (χ2n) is 4.65. The van der Waals surface area contributed by atoms with E-state index in [0.29, 0.717) is 18.2 Å². The third-order valence-electron chi connectivity index (χ3n) is 2.74. The fraction of sp³-hybridized carbons (Fsp3) is 0.636. The number of rotatable bonds is 2. The SMILES string of the molecule is COc1c(N)ncnc1N1CCOC(C)(C)C1. The fourth-order valence-electron chi connectivity index (χ4n) is 2.00. The molecule has 0 atom stereocenters. The lowest BCUT2D eigenvalue weighted by Gasteiger charge is -2.39. The Balaban J connectivity index is 2.30. The molecule has 94 valence electrons. The highest BCUT2D eigenvalue weighted by molar-refractivity contribution is 5.62. The van der Waals surface area contributed by atoms with E-state index in [1.807, 2.05) is 0 Å². The van der Waals surface area contributed by atoms with Crippen LogP contribution in [0.25, 0.3) is 0 Å². The topological polar surface area (TPSA) is 73.5 Å². The molecule has 0 spiro atoms. The van der Waals surface area contributed by atoms with Crippen LogP contribution in [-0.4, -0.2) is 42.4 Å². The van der Waals surface area contributed by atoms with Gasteiger partial charge >= 0.3 is 0 Å². The molecule has 1 aromatic heterocycles. The molecule has 6 heteroatoms. The minimum absolute atomic E-state index is 0.191. The smallest absolute Gasteiger partial charge is 0.204 e. The average molecular weight is 238 g/mol. The highest BCUT2D eigenvalue weighted by Crippen LogP contribution is 2.32. The van der Waals surface area contributed by atoms with Gasteiger partial charge in [-0.1, -0.05) is 0 Å². The molecule has 0 aromatic carbocycles. The zero-order valence-corrected chi connectivity index (χ0v) is 10.4. The summed E-state index contributed by atoms with van der Waals surface area (Å²) < 4.78 is 10.9. The van der Waals surface area contributed by atoms with E-state index in [-0.39, 0.29) is 5.60 Å². The van der Waals surface area contributed by atoms with Gasteiger partial charge in [0, 0.05) is 13.1 Å². The van der Waals surface area contributed by atoms with E-state index in [9.17, 15) is 0 Å². The number of ether oxygens (including phenoxy) is 2. The maximum atomic E-state index is 5.77. The molecule has 2 heterocycles. The van der Waals surface area contributed by atoms with Gasteiger partial charge in [-0.25, -0.2) is 9.97 Å². The monoisotopic (exact) mass is 238 g/mol. The molecule has 0 saturated carbocycles. The molecule has 1 aromatic rings. The van der Waals surface area contributed by atoms with E-state index in [4.69, 9.17) is 15.2 Å². The minimum atomic E-state index is -0.191. The van der Waals surface area contributed by atoms with Crippen LogP contribution in [0.15, 0.2) is 6.33 Å². The number of nitrogens with zero attached hydrogens (tertiary/aromatic N) is 3. The van der Waals surface area contributed by atoms with E-state index in [0.717, 1.165) is 18.9 Å². The summed E-state index contributed by atoms with van der Waals surface area (Å²) in [5, 5.41) is 0. The quantitative estimate of drug-likeness (QED) is 0.817. The van der Waals surface area contributed by atoms with Crippen LogP contribution >= 0.6 is 0 Å². The van der Waals surface area contributed by atoms with E-state index in [1.165, 1.54) is 6.33 Å². The van der Waals surface area contributed by atoms with E-state index < -0.39 is 0 Å². The molecule has 17 heavy (non-hydrogen) atoms. The van der Waals surface area contributed by atoms with Crippen LogP contribution in [0.3, 0.4) is 0 Å². The van der Waals surface area contributed by atoms with Crippen LogP contribution < -0.4 is 15.4 Å². The number of methoxy groups -OCH3 is 1. The number of hydrogen-bond donors (Lipinski definition) is 1. The molecule has 2 N–H and O–H groups in total. The van der Waals surface area contributed by atoms with Crippen LogP contribution in [-0.2, 0) is 4.74 Å². The van der Waals surface area contributed by atoms with Gasteiger partial charge in [-0.3, -0.25) is 0 Å². The summed E-state index contributed by atoms with van der Waals surface area (Å²) >= 11 is 0. The highest BCUT2D eigenvalue weighted by Gasteiger charge is 2.29. The molecule has 2 rings (SSSR count). The third-order valence-corrected chi connectivity index (χ3v) is 2.74. The Morgan fingerprint density at radius 3 is 2.88 bits per heavy atom. The summed E-state index contributed by atoms with van der Waals surface area (Å²) in [6.07, 6.45) is 1.45. The largest absolute Gasteiger partial charge is 0.490 e. The van der Waals surface area contributed by atoms with Crippen molar-refractivity contribution in [2.75, 3.05) is 37.4 Å². The number of hydrogen-bond acceptors (Lipinski definition) is 6. The van der Waals surface area contributed by atoms with Crippen LogP contribution in [0.1, 0.15) is 13.8 Å². The first-order valence-corrected chi connectivity index (χ1v) is 5.57. The molecule has 1 aliphatic rings. The third kappa shape index (κ3) is 2.41. The first kappa shape index (κ1) is 11.9. The molecule has 6 nitrogen and oxygen atoms in total. The van der Waals surface area contributed by atoms with Crippen molar-refractivity contribution in [3.8, 4) is 5.75 Å². The molecule has 0 bridgehead atoms. The lowest BCUT2D eigenvalue weighted by atomic mass is 10.1. The van der Waals surface area contributed by atoms with E-state index >= 15 is 0 Å². The molecule has 0 aliphatic carbocycles. The normalized spacial score (nSPS) is 19.1. The predicted molar refractivity (Wildman–Crippen MR) is 65.2 cm³/mol. The van der Waals surface area contributed by atoms with Gasteiger partial charge in [0.1, 0.15) is 6.33 Å². The summed E-state index contributed by atoms with van der Waals surface area (Å²) in [6.45, 7) is 6.29. The maximum absolute atomic E-state index is 5.77. The summed E-state index contributed by atoms with van der Waals surface area (Å²) in [5.41, 5.74) is 5.58. The standard InChI is InChI=1S/C11H18N4O2/c1-11(2)6-15(4-5-17-11)10-8(16-3)9(12)13-7-14-10/h7H,4-6H2,1-3H3,(H2,12,13,14). The molecular formula is C11H18N4O2. The van der Waals surface area contributed by atoms with Gasteiger partial charge in [-0.2, -0.15) is 0 Å². The van der Waals surface area contributed by atoms with Crippen LogP contribution in [0.2, 0.25) is 0 Å². The Morgan fingerprint density at radius 2 is 2.24 bits per heavy atom. The van der Waals surface area contributed by atoms with E-state index in [2.05, 4.69) is 28.7 Å². The molecule has 0 unspecified atom stereocenters. The number of aromatic nitrogens is 2. The lowest BCUT2D eigenvalue weighted by molar-refractivity contribution is -0.0280. The second-order valence-corrected chi connectivity index (χ2v) is 4.65. The first-order chi connectivity index (χ1) is 8.03. The van der Waals surface area contributed by atoms with Crippen molar-refractivity contribution in [3.05, 3.63) is 6.33 Å². The van der Waals surface area contributed by atoms with Crippen LogP contribution in [0, 0.1) is 0 Å². The van der Waals surface area contributed by atoms with Crippen molar-refractivity contribution < 1.29 is 9.47 Å². The zero-order chi connectivity index (χ0) is 12.5.